The van der Waals surface area contributed by atoms with Gasteiger partial charge in [-0.05, 0) is 47.5 Å². The molecule has 2 heterocycles. The number of hydrogen-bond donors (Lipinski definition) is 3. The Bertz CT molecular complexity index is 1530. The molecule has 0 aliphatic heterocycles. The molecular formula is C25H20N4O3S. The minimum absolute atomic E-state index is 0.161. The van der Waals surface area contributed by atoms with Crippen LogP contribution in [0.4, 0.5) is 5.69 Å². The molecule has 0 bridgehead atoms. The lowest BCUT2D eigenvalue weighted by atomic mass is 10.0. The average molecular weight is 457 g/mol. The van der Waals surface area contributed by atoms with Gasteiger partial charge in [0, 0.05) is 17.1 Å². The topological polar surface area (TPSA) is 99.9 Å². The van der Waals surface area contributed by atoms with E-state index in [1.807, 2.05) is 42.5 Å². The average Bonchev–Trinajstić information content (AvgIpc) is 3.21. The van der Waals surface area contributed by atoms with Crippen LogP contribution in [0.3, 0.4) is 0 Å². The summed E-state index contributed by atoms with van der Waals surface area (Å²) >= 11 is 1.36. The van der Waals surface area contributed by atoms with Gasteiger partial charge < -0.3 is 20.0 Å². The molecule has 8 heteroatoms. The molecule has 3 N–H and O–H groups in total. The number of rotatable bonds is 6. The highest BCUT2D eigenvalue weighted by Gasteiger charge is 2.12. The summed E-state index contributed by atoms with van der Waals surface area (Å²) in [4.78, 5) is 34.1. The summed E-state index contributed by atoms with van der Waals surface area (Å²) in [6, 6.07) is 23.2. The third kappa shape index (κ3) is 4.47. The van der Waals surface area contributed by atoms with E-state index in [0.29, 0.717) is 16.7 Å². The number of H-pyrrole nitrogens is 2. The van der Waals surface area contributed by atoms with E-state index < -0.39 is 0 Å². The van der Waals surface area contributed by atoms with Crippen molar-refractivity contribution in [1.29, 1.82) is 0 Å². The molecule has 0 fully saturated rings. The Kier molecular flexibility index (Phi) is 5.58. The number of nitrogens with one attached hydrogen (secondary N) is 3. The molecule has 0 atom stereocenters. The molecule has 3 aromatic carbocycles. The number of amides is 1. The number of anilines is 1. The van der Waals surface area contributed by atoms with Crippen LogP contribution in [0.5, 0.6) is 5.75 Å². The number of imidazole rings is 1. The molecule has 7 nitrogen and oxygen atoms in total. The minimum atomic E-state index is -0.280. The highest BCUT2D eigenvalue weighted by molar-refractivity contribution is 7.99. The van der Waals surface area contributed by atoms with Gasteiger partial charge >= 0.3 is 5.69 Å². The number of carbonyl (C=O) groups is 1. The van der Waals surface area contributed by atoms with Crippen LogP contribution < -0.4 is 15.7 Å². The van der Waals surface area contributed by atoms with Gasteiger partial charge in [-0.15, -0.1) is 0 Å². The zero-order valence-electron chi connectivity index (χ0n) is 17.7. The fourth-order valence-corrected chi connectivity index (χ4v) is 4.40. The first-order valence-electron chi connectivity index (χ1n) is 10.3. The van der Waals surface area contributed by atoms with Crippen LogP contribution in [0.2, 0.25) is 0 Å². The Morgan fingerprint density at radius 3 is 2.64 bits per heavy atom. The molecule has 33 heavy (non-hydrogen) atoms. The normalized spacial score (nSPS) is 11.1. The first-order valence-corrected chi connectivity index (χ1v) is 11.3. The zero-order chi connectivity index (χ0) is 22.8. The Labute approximate surface area is 193 Å². The van der Waals surface area contributed by atoms with E-state index in [1.165, 1.54) is 11.8 Å². The third-order valence-electron chi connectivity index (χ3n) is 5.23. The Balaban J connectivity index is 1.39. The predicted molar refractivity (Wildman–Crippen MR) is 132 cm³/mol. The summed E-state index contributed by atoms with van der Waals surface area (Å²) < 4.78 is 5.37. The van der Waals surface area contributed by atoms with E-state index in [1.54, 1.807) is 25.3 Å². The second-order valence-corrected chi connectivity index (χ2v) is 8.43. The molecule has 2 aromatic heterocycles. The van der Waals surface area contributed by atoms with Crippen molar-refractivity contribution >= 4 is 45.3 Å². The number of pyridine rings is 1. The molecule has 0 saturated heterocycles. The molecular weight excluding hydrogens is 436 g/mol. The van der Waals surface area contributed by atoms with Gasteiger partial charge in [0.2, 0.25) is 5.91 Å². The zero-order valence-corrected chi connectivity index (χ0v) is 18.5. The summed E-state index contributed by atoms with van der Waals surface area (Å²) in [5.74, 6) is 0.761. The SMILES string of the molecule is COc1ccc2c(-c3ccccc3)cc(SCC(=O)Nc3ccc4[nH]c(=O)[nH]c4c3)nc2c1. The molecule has 0 radical (unpaired) electrons. The van der Waals surface area contributed by atoms with Gasteiger partial charge in [0.05, 0.1) is 34.4 Å². The Hall–Kier alpha value is -4.04. The summed E-state index contributed by atoms with van der Waals surface area (Å²) in [6.07, 6.45) is 0. The second-order valence-electron chi connectivity index (χ2n) is 7.43. The molecule has 5 aromatic rings. The van der Waals surface area contributed by atoms with Gasteiger partial charge in [0.25, 0.3) is 0 Å². The van der Waals surface area contributed by atoms with Gasteiger partial charge in [-0.25, -0.2) is 9.78 Å². The van der Waals surface area contributed by atoms with Crippen LogP contribution in [0.15, 0.2) is 82.6 Å². The summed E-state index contributed by atoms with van der Waals surface area (Å²) in [5, 5.41) is 4.64. The number of aromatic nitrogens is 3. The first-order chi connectivity index (χ1) is 16.1. The number of thioether (sulfide) groups is 1. The molecule has 0 spiro atoms. The molecule has 1 amide bonds. The van der Waals surface area contributed by atoms with Crippen molar-refractivity contribution in [3.63, 3.8) is 0 Å². The highest BCUT2D eigenvalue weighted by Crippen LogP contribution is 2.33. The molecule has 0 saturated carbocycles. The smallest absolute Gasteiger partial charge is 0.323 e. The molecule has 164 valence electrons. The maximum atomic E-state index is 12.6. The van der Waals surface area contributed by atoms with Gasteiger partial charge in [-0.1, -0.05) is 42.1 Å². The summed E-state index contributed by atoms with van der Waals surface area (Å²) in [7, 11) is 1.63. The van der Waals surface area contributed by atoms with Crippen LogP contribution in [0.25, 0.3) is 33.1 Å². The van der Waals surface area contributed by atoms with Crippen molar-refractivity contribution in [2.75, 3.05) is 18.2 Å². The van der Waals surface area contributed by atoms with Crippen molar-refractivity contribution in [1.82, 2.24) is 15.0 Å². The standard InChI is InChI=1S/C25H20N4O3S/c1-32-17-8-9-18-19(15-5-3-2-4-6-15)13-24(27-21(18)12-17)33-14-23(30)26-16-7-10-20-22(11-16)29-25(31)28-20/h2-13H,14H2,1H3,(H,26,30)(H2,28,29,31). The maximum Gasteiger partial charge on any atom is 0.323 e. The van der Waals surface area contributed by atoms with Crippen LogP contribution in [0.1, 0.15) is 0 Å². The molecule has 5 rings (SSSR count). The number of benzene rings is 3. The van der Waals surface area contributed by atoms with Crippen LogP contribution in [-0.4, -0.2) is 33.7 Å². The number of nitrogens with zero attached hydrogens (tertiary/aromatic N) is 1. The van der Waals surface area contributed by atoms with Gasteiger partial charge in [-0.2, -0.15) is 0 Å². The van der Waals surface area contributed by atoms with E-state index in [0.717, 1.165) is 32.8 Å². The number of fused-ring (bicyclic) bond motifs is 2. The van der Waals surface area contributed by atoms with Crippen molar-refractivity contribution in [3.8, 4) is 16.9 Å². The number of hydrogen-bond acceptors (Lipinski definition) is 5. The van der Waals surface area contributed by atoms with Gasteiger partial charge in [0.15, 0.2) is 0 Å². The van der Waals surface area contributed by atoms with E-state index in [2.05, 4.69) is 27.4 Å². The van der Waals surface area contributed by atoms with E-state index in [9.17, 15) is 9.59 Å². The Morgan fingerprint density at radius 2 is 1.82 bits per heavy atom. The number of carbonyl (C=O) groups excluding carboxylic acids is 1. The van der Waals surface area contributed by atoms with E-state index >= 15 is 0 Å². The largest absolute Gasteiger partial charge is 0.497 e. The lowest BCUT2D eigenvalue weighted by Crippen LogP contribution is -2.14. The summed E-state index contributed by atoms with van der Waals surface area (Å²) in [6.45, 7) is 0. The fraction of sp³-hybridized carbons (Fsp3) is 0.0800. The lowest BCUT2D eigenvalue weighted by Gasteiger charge is -2.11. The van der Waals surface area contributed by atoms with Crippen molar-refractivity contribution in [3.05, 3.63) is 83.3 Å². The molecule has 0 aliphatic carbocycles. The van der Waals surface area contributed by atoms with Gasteiger partial charge in [-0.3, -0.25) is 4.79 Å². The molecule has 0 aliphatic rings. The number of ether oxygens (including phenoxy) is 1. The lowest BCUT2D eigenvalue weighted by molar-refractivity contribution is -0.113. The van der Waals surface area contributed by atoms with E-state index in [-0.39, 0.29) is 17.3 Å². The number of methoxy groups -OCH3 is 1. The predicted octanol–water partition coefficient (Wildman–Crippen LogP) is 4.81. The van der Waals surface area contributed by atoms with Gasteiger partial charge in [0.1, 0.15) is 5.75 Å². The van der Waals surface area contributed by atoms with Crippen molar-refractivity contribution < 1.29 is 9.53 Å². The maximum absolute atomic E-state index is 12.6. The Morgan fingerprint density at radius 1 is 1.00 bits per heavy atom. The molecule has 0 unspecified atom stereocenters. The number of aromatic amines is 2. The highest BCUT2D eigenvalue weighted by atomic mass is 32.2. The van der Waals surface area contributed by atoms with Crippen LogP contribution >= 0.6 is 11.8 Å². The van der Waals surface area contributed by atoms with Crippen LogP contribution in [0, 0.1) is 0 Å². The van der Waals surface area contributed by atoms with Crippen molar-refractivity contribution in [2.24, 2.45) is 0 Å². The monoisotopic (exact) mass is 456 g/mol. The fourth-order valence-electron chi connectivity index (χ4n) is 3.69. The second kappa shape index (κ2) is 8.84. The van der Waals surface area contributed by atoms with Crippen molar-refractivity contribution in [2.45, 2.75) is 5.03 Å². The van der Waals surface area contributed by atoms with Crippen LogP contribution in [-0.2, 0) is 4.79 Å². The summed E-state index contributed by atoms with van der Waals surface area (Å²) in [5.41, 5.74) is 4.60. The first kappa shape index (κ1) is 20.8. The minimum Gasteiger partial charge on any atom is -0.497 e. The quantitative estimate of drug-likeness (QED) is 0.318. The van der Waals surface area contributed by atoms with E-state index in [4.69, 9.17) is 9.72 Å². The third-order valence-corrected chi connectivity index (χ3v) is 6.14.